The molecule has 0 spiro atoms. The van der Waals surface area contributed by atoms with Crippen molar-refractivity contribution < 1.29 is 4.79 Å². The highest BCUT2D eigenvalue weighted by atomic mass is 79.9. The molecular formula is C11H10BrClN4O. The Kier molecular flexibility index (Phi) is 4.33. The van der Waals surface area contributed by atoms with Crippen LogP contribution in [-0.2, 0) is 6.54 Å². The molecule has 0 saturated heterocycles. The maximum absolute atomic E-state index is 11.9. The average molecular weight is 330 g/mol. The number of carbonyl (C=O) groups is 1. The van der Waals surface area contributed by atoms with Gasteiger partial charge in [-0.15, -0.1) is 0 Å². The van der Waals surface area contributed by atoms with E-state index < -0.39 is 0 Å². The van der Waals surface area contributed by atoms with Crippen LogP contribution in [0.2, 0.25) is 5.15 Å². The highest BCUT2D eigenvalue weighted by molar-refractivity contribution is 9.10. The Morgan fingerprint density at radius 2 is 2.39 bits per heavy atom. The second-order valence-electron chi connectivity index (χ2n) is 3.55. The Bertz CT molecular complexity index is 544. The van der Waals surface area contributed by atoms with Crippen LogP contribution in [0.1, 0.15) is 10.4 Å². The van der Waals surface area contributed by atoms with Gasteiger partial charge in [0.1, 0.15) is 5.15 Å². The lowest BCUT2D eigenvalue weighted by Gasteiger charge is -2.07. The number of hydrogen-bond donors (Lipinski definition) is 1. The van der Waals surface area contributed by atoms with E-state index in [1.54, 1.807) is 24.8 Å². The quantitative estimate of drug-likeness (QED) is 0.874. The summed E-state index contributed by atoms with van der Waals surface area (Å²) in [5.74, 6) is -0.242. The third-order valence-corrected chi connectivity index (χ3v) is 3.00. The summed E-state index contributed by atoms with van der Waals surface area (Å²) in [6, 6.07) is 1.64. The van der Waals surface area contributed by atoms with E-state index in [-0.39, 0.29) is 11.1 Å². The summed E-state index contributed by atoms with van der Waals surface area (Å²) in [4.78, 5) is 19.7. The summed E-state index contributed by atoms with van der Waals surface area (Å²) < 4.78 is 2.59. The van der Waals surface area contributed by atoms with Crippen LogP contribution >= 0.6 is 27.5 Å². The lowest BCUT2D eigenvalue weighted by atomic mass is 10.2. The number of imidazole rings is 1. The molecule has 5 nitrogen and oxygen atoms in total. The molecule has 0 radical (unpaired) electrons. The molecule has 0 aliphatic heterocycles. The molecule has 1 N–H and O–H groups in total. The van der Waals surface area contributed by atoms with Gasteiger partial charge in [0.25, 0.3) is 5.91 Å². The number of nitrogens with zero attached hydrogens (tertiary/aromatic N) is 3. The molecule has 2 aromatic heterocycles. The average Bonchev–Trinajstić information content (AvgIpc) is 2.85. The Hall–Kier alpha value is -1.40. The van der Waals surface area contributed by atoms with E-state index in [0.29, 0.717) is 23.1 Å². The number of halogens is 2. The predicted molar refractivity (Wildman–Crippen MR) is 71.5 cm³/mol. The van der Waals surface area contributed by atoms with Crippen LogP contribution in [0.15, 0.2) is 35.5 Å². The van der Waals surface area contributed by atoms with Gasteiger partial charge < -0.3 is 9.88 Å². The van der Waals surface area contributed by atoms with Crippen molar-refractivity contribution in [2.75, 3.05) is 6.54 Å². The topological polar surface area (TPSA) is 59.8 Å². The minimum Gasteiger partial charge on any atom is -0.350 e. The third kappa shape index (κ3) is 3.30. The number of nitrogens with one attached hydrogen (secondary N) is 1. The van der Waals surface area contributed by atoms with Crippen molar-refractivity contribution in [1.29, 1.82) is 0 Å². The van der Waals surface area contributed by atoms with Crippen molar-refractivity contribution in [2.24, 2.45) is 0 Å². The lowest BCUT2D eigenvalue weighted by Crippen LogP contribution is -2.27. The number of hydrogen-bond acceptors (Lipinski definition) is 3. The monoisotopic (exact) mass is 328 g/mol. The second kappa shape index (κ2) is 5.97. The first-order chi connectivity index (χ1) is 8.66. The normalized spacial score (nSPS) is 10.3. The fraction of sp³-hybridized carbons (Fsp3) is 0.182. The molecule has 94 valence electrons. The van der Waals surface area contributed by atoms with Gasteiger partial charge in [-0.25, -0.2) is 9.97 Å². The Morgan fingerprint density at radius 3 is 3.11 bits per heavy atom. The molecule has 0 saturated carbocycles. The zero-order valence-corrected chi connectivity index (χ0v) is 11.6. The van der Waals surface area contributed by atoms with Gasteiger partial charge in [0, 0.05) is 36.2 Å². The Balaban J connectivity index is 1.93. The van der Waals surface area contributed by atoms with Crippen LogP contribution in [0.25, 0.3) is 0 Å². The van der Waals surface area contributed by atoms with E-state index in [1.165, 1.54) is 0 Å². The van der Waals surface area contributed by atoms with Crippen LogP contribution in [0.4, 0.5) is 0 Å². The standard InChI is InChI=1S/C11H10BrClN4O/c12-8-5-9(10(13)16-6-8)11(18)15-2-4-17-3-1-14-7-17/h1,3,5-7H,2,4H2,(H,15,18). The van der Waals surface area contributed by atoms with Gasteiger partial charge in [0.15, 0.2) is 0 Å². The van der Waals surface area contributed by atoms with Crippen molar-refractivity contribution in [3.05, 3.63) is 46.2 Å². The van der Waals surface area contributed by atoms with Gasteiger partial charge in [0.05, 0.1) is 11.9 Å². The minimum atomic E-state index is -0.242. The van der Waals surface area contributed by atoms with Crippen molar-refractivity contribution in [3.63, 3.8) is 0 Å². The van der Waals surface area contributed by atoms with Gasteiger partial charge in [-0.05, 0) is 22.0 Å². The lowest BCUT2D eigenvalue weighted by molar-refractivity contribution is 0.0952. The number of pyridine rings is 1. The van der Waals surface area contributed by atoms with Crippen molar-refractivity contribution in [1.82, 2.24) is 19.9 Å². The van der Waals surface area contributed by atoms with E-state index in [0.717, 1.165) is 0 Å². The molecule has 1 amide bonds. The van der Waals surface area contributed by atoms with Gasteiger partial charge in [-0.1, -0.05) is 11.6 Å². The fourth-order valence-electron chi connectivity index (χ4n) is 1.39. The van der Waals surface area contributed by atoms with Crippen LogP contribution < -0.4 is 5.32 Å². The van der Waals surface area contributed by atoms with E-state index >= 15 is 0 Å². The van der Waals surface area contributed by atoms with Crippen molar-refractivity contribution in [3.8, 4) is 0 Å². The van der Waals surface area contributed by atoms with E-state index in [1.807, 2.05) is 10.8 Å². The summed E-state index contributed by atoms with van der Waals surface area (Å²) in [6.07, 6.45) is 6.76. The molecule has 2 aromatic rings. The Morgan fingerprint density at radius 1 is 1.56 bits per heavy atom. The maximum Gasteiger partial charge on any atom is 0.254 e. The zero-order chi connectivity index (χ0) is 13.0. The molecule has 0 bridgehead atoms. The molecule has 0 aliphatic rings. The maximum atomic E-state index is 11.9. The molecule has 0 aromatic carbocycles. The minimum absolute atomic E-state index is 0.193. The smallest absolute Gasteiger partial charge is 0.254 e. The predicted octanol–water partition coefficient (Wildman–Crippen LogP) is 2.12. The third-order valence-electron chi connectivity index (χ3n) is 2.27. The number of amides is 1. The van der Waals surface area contributed by atoms with Gasteiger partial charge >= 0.3 is 0 Å². The zero-order valence-electron chi connectivity index (χ0n) is 9.31. The molecule has 2 rings (SSSR count). The SMILES string of the molecule is O=C(NCCn1ccnc1)c1cc(Br)cnc1Cl. The Labute approximate surface area is 117 Å². The van der Waals surface area contributed by atoms with Crippen molar-refractivity contribution >= 4 is 33.4 Å². The molecule has 0 unspecified atom stereocenters. The van der Waals surface area contributed by atoms with Crippen molar-refractivity contribution in [2.45, 2.75) is 6.54 Å². The summed E-state index contributed by atoms with van der Waals surface area (Å²) in [7, 11) is 0. The highest BCUT2D eigenvalue weighted by Crippen LogP contribution is 2.17. The summed E-state index contributed by atoms with van der Waals surface area (Å²) in [5, 5.41) is 2.97. The number of rotatable bonds is 4. The van der Waals surface area contributed by atoms with E-state index in [2.05, 4.69) is 31.2 Å². The van der Waals surface area contributed by atoms with Crippen LogP contribution in [0.5, 0.6) is 0 Å². The molecule has 0 aliphatic carbocycles. The number of carbonyl (C=O) groups excluding carboxylic acids is 1. The molecular weight excluding hydrogens is 320 g/mol. The first kappa shape index (κ1) is 13.0. The largest absolute Gasteiger partial charge is 0.350 e. The van der Waals surface area contributed by atoms with E-state index in [9.17, 15) is 4.79 Å². The van der Waals surface area contributed by atoms with Crippen LogP contribution in [0, 0.1) is 0 Å². The van der Waals surface area contributed by atoms with Gasteiger partial charge in [0.2, 0.25) is 0 Å². The van der Waals surface area contributed by atoms with Gasteiger partial charge in [-0.3, -0.25) is 4.79 Å². The van der Waals surface area contributed by atoms with E-state index in [4.69, 9.17) is 11.6 Å². The second-order valence-corrected chi connectivity index (χ2v) is 4.82. The first-order valence-electron chi connectivity index (χ1n) is 5.22. The van der Waals surface area contributed by atoms with Gasteiger partial charge in [-0.2, -0.15) is 0 Å². The molecule has 2 heterocycles. The fourth-order valence-corrected chi connectivity index (χ4v) is 1.92. The van der Waals surface area contributed by atoms with Crippen LogP contribution in [0.3, 0.4) is 0 Å². The van der Waals surface area contributed by atoms with Crippen LogP contribution in [-0.4, -0.2) is 27.0 Å². The highest BCUT2D eigenvalue weighted by Gasteiger charge is 2.11. The molecule has 18 heavy (non-hydrogen) atoms. The molecule has 0 atom stereocenters. The molecule has 0 fully saturated rings. The summed E-state index contributed by atoms with van der Waals surface area (Å²) in [6.45, 7) is 1.16. The summed E-state index contributed by atoms with van der Waals surface area (Å²) in [5.41, 5.74) is 0.358. The number of aromatic nitrogens is 3. The first-order valence-corrected chi connectivity index (χ1v) is 6.39. The molecule has 7 heteroatoms. The summed E-state index contributed by atoms with van der Waals surface area (Å²) >= 11 is 9.11.